The van der Waals surface area contributed by atoms with Gasteiger partial charge in [0.2, 0.25) is 0 Å². The van der Waals surface area contributed by atoms with Crippen molar-refractivity contribution in [2.24, 2.45) is 11.8 Å². The van der Waals surface area contributed by atoms with Crippen LogP contribution in [0.1, 0.15) is 31.4 Å². The molecule has 1 atom stereocenters. The van der Waals surface area contributed by atoms with E-state index in [4.69, 9.17) is 0 Å². The van der Waals surface area contributed by atoms with Gasteiger partial charge in [-0.15, -0.1) is 0 Å². The third kappa shape index (κ3) is 1.97. The number of benzene rings is 1. The molecule has 0 unspecified atom stereocenters. The molecule has 0 saturated heterocycles. The topological polar surface area (TPSA) is 17.1 Å². The third-order valence-corrected chi connectivity index (χ3v) is 3.61. The van der Waals surface area contributed by atoms with Gasteiger partial charge in [-0.05, 0) is 43.2 Å². The van der Waals surface area contributed by atoms with Gasteiger partial charge in [-0.25, -0.2) is 0 Å². The van der Waals surface area contributed by atoms with Crippen molar-refractivity contribution in [2.45, 2.75) is 33.1 Å². The number of fused-ring (bicyclic) bond motifs is 1. The summed E-state index contributed by atoms with van der Waals surface area (Å²) in [5.41, 5.74) is 2.89. The third-order valence-electron chi connectivity index (χ3n) is 3.61. The van der Waals surface area contributed by atoms with Crippen molar-refractivity contribution >= 4 is 5.78 Å². The Labute approximate surface area is 91.5 Å². The maximum atomic E-state index is 11.5. The summed E-state index contributed by atoms with van der Waals surface area (Å²) >= 11 is 0. The molecule has 1 heteroatoms. The van der Waals surface area contributed by atoms with Crippen LogP contribution in [0.15, 0.2) is 24.3 Å². The fourth-order valence-electron chi connectivity index (χ4n) is 2.83. The van der Waals surface area contributed by atoms with E-state index in [1.807, 2.05) is 0 Å². The van der Waals surface area contributed by atoms with E-state index in [0.29, 0.717) is 11.7 Å². The molecule has 1 aliphatic carbocycles. The number of rotatable bonds is 3. The van der Waals surface area contributed by atoms with E-state index in [9.17, 15) is 4.79 Å². The zero-order valence-corrected chi connectivity index (χ0v) is 9.49. The van der Waals surface area contributed by atoms with Crippen LogP contribution in [0.4, 0.5) is 0 Å². The summed E-state index contributed by atoms with van der Waals surface area (Å²) in [6.45, 7) is 3.85. The van der Waals surface area contributed by atoms with E-state index in [1.54, 1.807) is 6.92 Å². The molecule has 80 valence electrons. The van der Waals surface area contributed by atoms with Crippen molar-refractivity contribution in [1.29, 1.82) is 0 Å². The van der Waals surface area contributed by atoms with E-state index in [1.165, 1.54) is 11.1 Å². The molecule has 1 aromatic rings. The lowest BCUT2D eigenvalue weighted by molar-refractivity contribution is -0.122. The van der Waals surface area contributed by atoms with Crippen LogP contribution in [0.25, 0.3) is 0 Å². The van der Waals surface area contributed by atoms with Crippen LogP contribution in [0.3, 0.4) is 0 Å². The number of carbonyl (C=O) groups is 1. The van der Waals surface area contributed by atoms with Crippen molar-refractivity contribution in [2.75, 3.05) is 0 Å². The molecule has 1 aliphatic rings. The second kappa shape index (κ2) is 4.18. The largest absolute Gasteiger partial charge is 0.300 e. The molecule has 1 nitrogen and oxygen atoms in total. The highest BCUT2D eigenvalue weighted by atomic mass is 16.1. The second-order valence-corrected chi connectivity index (χ2v) is 4.56. The average Bonchev–Trinajstić information content (AvgIpc) is 2.61. The SMILES string of the molecule is CC[C@@H](C(C)=O)C1Cc2ccccc2C1. The van der Waals surface area contributed by atoms with Crippen LogP contribution < -0.4 is 0 Å². The van der Waals surface area contributed by atoms with Crippen molar-refractivity contribution < 1.29 is 4.79 Å². The van der Waals surface area contributed by atoms with Crippen LogP contribution in [0.2, 0.25) is 0 Å². The van der Waals surface area contributed by atoms with Gasteiger partial charge in [0.15, 0.2) is 0 Å². The average molecular weight is 202 g/mol. The Kier molecular flexibility index (Phi) is 2.90. The molecule has 0 radical (unpaired) electrons. The monoisotopic (exact) mass is 202 g/mol. The molecular formula is C14H18O. The molecule has 0 fully saturated rings. The Morgan fingerprint density at radius 3 is 2.27 bits per heavy atom. The Morgan fingerprint density at radius 1 is 1.33 bits per heavy atom. The molecule has 0 aromatic heterocycles. The van der Waals surface area contributed by atoms with Crippen molar-refractivity contribution in [3.63, 3.8) is 0 Å². The summed E-state index contributed by atoms with van der Waals surface area (Å²) in [6, 6.07) is 8.58. The standard InChI is InChI=1S/C14H18O/c1-3-14(10(2)15)13-8-11-6-4-5-7-12(11)9-13/h4-7,13-14H,3,8-9H2,1-2H3/t14-/m0/s1. The highest BCUT2D eigenvalue weighted by Crippen LogP contribution is 2.33. The predicted molar refractivity (Wildman–Crippen MR) is 61.8 cm³/mol. The molecule has 0 aliphatic heterocycles. The summed E-state index contributed by atoms with van der Waals surface area (Å²) < 4.78 is 0. The lowest BCUT2D eigenvalue weighted by Crippen LogP contribution is -2.21. The summed E-state index contributed by atoms with van der Waals surface area (Å²) in [6.07, 6.45) is 3.16. The predicted octanol–water partition coefficient (Wildman–Crippen LogP) is 3.02. The molecular weight excluding hydrogens is 184 g/mol. The van der Waals surface area contributed by atoms with Gasteiger partial charge in [0.05, 0.1) is 0 Å². The zero-order chi connectivity index (χ0) is 10.8. The van der Waals surface area contributed by atoms with Crippen molar-refractivity contribution in [3.8, 4) is 0 Å². The molecule has 0 amide bonds. The van der Waals surface area contributed by atoms with Crippen LogP contribution in [-0.2, 0) is 17.6 Å². The minimum atomic E-state index is 0.261. The molecule has 0 bridgehead atoms. The Bertz CT molecular complexity index is 342. The van der Waals surface area contributed by atoms with E-state index in [-0.39, 0.29) is 5.92 Å². The smallest absolute Gasteiger partial charge is 0.133 e. The van der Waals surface area contributed by atoms with Crippen LogP contribution in [0, 0.1) is 11.8 Å². The Balaban J connectivity index is 2.15. The molecule has 0 saturated carbocycles. The van der Waals surface area contributed by atoms with Crippen LogP contribution >= 0.6 is 0 Å². The molecule has 2 rings (SSSR count). The highest BCUT2D eigenvalue weighted by molar-refractivity contribution is 5.78. The van der Waals surface area contributed by atoms with Gasteiger partial charge in [0, 0.05) is 5.92 Å². The number of hydrogen-bond donors (Lipinski definition) is 0. The number of hydrogen-bond acceptors (Lipinski definition) is 1. The normalized spacial score (nSPS) is 17.5. The van der Waals surface area contributed by atoms with Gasteiger partial charge in [-0.3, -0.25) is 4.79 Å². The van der Waals surface area contributed by atoms with Gasteiger partial charge in [0.1, 0.15) is 5.78 Å². The van der Waals surface area contributed by atoms with E-state index in [2.05, 4.69) is 31.2 Å². The zero-order valence-electron chi connectivity index (χ0n) is 9.49. The fourth-order valence-corrected chi connectivity index (χ4v) is 2.83. The lowest BCUT2D eigenvalue weighted by atomic mass is 9.85. The number of Topliss-reactive ketones (excluding diaryl/α,β-unsaturated/α-hetero) is 1. The molecule has 15 heavy (non-hydrogen) atoms. The minimum absolute atomic E-state index is 0.261. The Hall–Kier alpha value is -1.11. The summed E-state index contributed by atoms with van der Waals surface area (Å²) in [7, 11) is 0. The van der Waals surface area contributed by atoms with Gasteiger partial charge < -0.3 is 0 Å². The molecule has 1 aromatic carbocycles. The maximum absolute atomic E-state index is 11.5. The van der Waals surface area contributed by atoms with E-state index >= 15 is 0 Å². The quantitative estimate of drug-likeness (QED) is 0.736. The first kappa shape index (κ1) is 10.4. The van der Waals surface area contributed by atoms with E-state index in [0.717, 1.165) is 19.3 Å². The van der Waals surface area contributed by atoms with Gasteiger partial charge in [0.25, 0.3) is 0 Å². The van der Waals surface area contributed by atoms with Gasteiger partial charge in [-0.2, -0.15) is 0 Å². The number of carbonyl (C=O) groups excluding carboxylic acids is 1. The summed E-state index contributed by atoms with van der Waals surface area (Å²) in [4.78, 5) is 11.5. The first-order chi connectivity index (χ1) is 7.22. The van der Waals surface area contributed by atoms with Crippen LogP contribution in [0.5, 0.6) is 0 Å². The van der Waals surface area contributed by atoms with Gasteiger partial charge in [-0.1, -0.05) is 31.2 Å². The lowest BCUT2D eigenvalue weighted by Gasteiger charge is -2.18. The number of ketones is 1. The van der Waals surface area contributed by atoms with Crippen molar-refractivity contribution in [1.82, 2.24) is 0 Å². The summed E-state index contributed by atoms with van der Waals surface area (Å²) in [5, 5.41) is 0. The molecule has 0 N–H and O–H groups in total. The fraction of sp³-hybridized carbons (Fsp3) is 0.500. The summed E-state index contributed by atoms with van der Waals surface area (Å²) in [5.74, 6) is 1.16. The van der Waals surface area contributed by atoms with E-state index < -0.39 is 0 Å². The second-order valence-electron chi connectivity index (χ2n) is 4.56. The highest BCUT2D eigenvalue weighted by Gasteiger charge is 2.29. The first-order valence-corrected chi connectivity index (χ1v) is 5.79. The van der Waals surface area contributed by atoms with Gasteiger partial charge >= 0.3 is 0 Å². The molecule has 0 spiro atoms. The Morgan fingerprint density at radius 2 is 1.87 bits per heavy atom. The van der Waals surface area contributed by atoms with Crippen LogP contribution in [-0.4, -0.2) is 5.78 Å². The first-order valence-electron chi connectivity index (χ1n) is 5.79. The maximum Gasteiger partial charge on any atom is 0.133 e. The van der Waals surface area contributed by atoms with Crippen molar-refractivity contribution in [3.05, 3.63) is 35.4 Å². The minimum Gasteiger partial charge on any atom is -0.300 e. The molecule has 0 heterocycles.